The predicted octanol–water partition coefficient (Wildman–Crippen LogP) is -0.331. The summed E-state index contributed by atoms with van der Waals surface area (Å²) in [6, 6.07) is 0.264. The number of carbonyl (C=O) groups excluding carboxylic acids is 1. The van der Waals surface area contributed by atoms with E-state index in [4.69, 9.17) is 5.11 Å². The molecule has 9 heteroatoms. The monoisotopic (exact) mass is 315 g/mol. The van der Waals surface area contributed by atoms with Gasteiger partial charge in [-0.05, 0) is 25.8 Å². The smallest absolute Gasteiger partial charge is 0.352 e. The van der Waals surface area contributed by atoms with Crippen LogP contribution in [-0.4, -0.2) is 42.1 Å². The molecule has 1 heterocycles. The minimum Gasteiger partial charge on any atom is -0.477 e. The SMILES string of the molecule is CC(NS(=O)(=O)c1cc(C(=O)O)n(C)c1)C(=O)NC1CC1. The van der Waals surface area contributed by atoms with Crippen LogP contribution in [-0.2, 0) is 21.9 Å². The van der Waals surface area contributed by atoms with E-state index in [9.17, 15) is 18.0 Å². The first kappa shape index (κ1) is 15.5. The Kier molecular flexibility index (Phi) is 4.06. The lowest BCUT2D eigenvalue weighted by Crippen LogP contribution is -2.45. The third-order valence-corrected chi connectivity index (χ3v) is 4.67. The number of hydrogen-bond acceptors (Lipinski definition) is 4. The zero-order valence-electron chi connectivity index (χ0n) is 11.7. The average molecular weight is 315 g/mol. The number of aryl methyl sites for hydroxylation is 1. The lowest BCUT2D eigenvalue weighted by atomic mass is 10.3. The van der Waals surface area contributed by atoms with Crippen molar-refractivity contribution in [3.63, 3.8) is 0 Å². The molecule has 1 saturated carbocycles. The Morgan fingerprint density at radius 2 is 2.05 bits per heavy atom. The zero-order valence-corrected chi connectivity index (χ0v) is 12.5. The van der Waals surface area contributed by atoms with Gasteiger partial charge in [0.25, 0.3) is 0 Å². The quantitative estimate of drug-likeness (QED) is 0.664. The van der Waals surface area contributed by atoms with E-state index in [0.29, 0.717) is 0 Å². The first-order valence-corrected chi connectivity index (χ1v) is 7.91. The molecule has 21 heavy (non-hydrogen) atoms. The van der Waals surface area contributed by atoms with E-state index in [2.05, 4.69) is 10.0 Å². The van der Waals surface area contributed by atoms with E-state index in [1.54, 1.807) is 0 Å². The summed E-state index contributed by atoms with van der Waals surface area (Å²) in [5.74, 6) is -1.62. The summed E-state index contributed by atoms with van der Waals surface area (Å²) in [6.07, 6.45) is 3.01. The van der Waals surface area contributed by atoms with E-state index < -0.39 is 27.9 Å². The van der Waals surface area contributed by atoms with Crippen LogP contribution in [0.2, 0.25) is 0 Å². The summed E-state index contributed by atoms with van der Waals surface area (Å²) >= 11 is 0. The number of amides is 1. The summed E-state index contributed by atoms with van der Waals surface area (Å²) in [5, 5.41) is 11.6. The molecule has 0 spiro atoms. The van der Waals surface area contributed by atoms with Crippen molar-refractivity contribution in [3.05, 3.63) is 18.0 Å². The maximum Gasteiger partial charge on any atom is 0.352 e. The predicted molar refractivity (Wildman–Crippen MR) is 73.3 cm³/mol. The molecular formula is C12H17N3O5S. The number of carbonyl (C=O) groups is 2. The van der Waals surface area contributed by atoms with Crippen molar-refractivity contribution in [2.45, 2.75) is 36.7 Å². The number of nitrogens with one attached hydrogen (secondary N) is 2. The molecule has 0 aliphatic heterocycles. The fraction of sp³-hybridized carbons (Fsp3) is 0.500. The number of carboxylic acids is 1. The number of aromatic carboxylic acids is 1. The molecule has 1 aromatic rings. The molecule has 2 rings (SSSR count). The highest BCUT2D eigenvalue weighted by molar-refractivity contribution is 7.89. The largest absolute Gasteiger partial charge is 0.477 e. The maximum absolute atomic E-state index is 12.1. The summed E-state index contributed by atoms with van der Waals surface area (Å²) < 4.78 is 27.7. The molecule has 116 valence electrons. The van der Waals surface area contributed by atoms with Gasteiger partial charge in [-0.15, -0.1) is 0 Å². The maximum atomic E-state index is 12.1. The molecule has 0 saturated heterocycles. The standard InChI is InChI=1S/C12H17N3O5S/c1-7(11(16)13-8-3-4-8)14-21(19,20)9-5-10(12(17)18)15(2)6-9/h5-8,14H,3-4H2,1-2H3,(H,13,16)(H,17,18). The second-order valence-corrected chi connectivity index (χ2v) is 6.82. The summed E-state index contributed by atoms with van der Waals surface area (Å²) in [4.78, 5) is 22.5. The first-order chi connectivity index (χ1) is 9.70. The Hall–Kier alpha value is -1.87. The number of hydrogen-bond donors (Lipinski definition) is 3. The fourth-order valence-electron chi connectivity index (χ4n) is 1.80. The van der Waals surface area contributed by atoms with Gasteiger partial charge in [0, 0.05) is 19.3 Å². The third-order valence-electron chi connectivity index (χ3n) is 3.16. The van der Waals surface area contributed by atoms with Gasteiger partial charge < -0.3 is 15.0 Å². The molecule has 1 aliphatic carbocycles. The van der Waals surface area contributed by atoms with Crippen molar-refractivity contribution >= 4 is 21.9 Å². The second-order valence-electron chi connectivity index (χ2n) is 5.10. The van der Waals surface area contributed by atoms with Crippen molar-refractivity contribution < 1.29 is 23.1 Å². The second kappa shape index (κ2) is 5.49. The number of sulfonamides is 1. The minimum atomic E-state index is -3.95. The molecule has 8 nitrogen and oxygen atoms in total. The van der Waals surface area contributed by atoms with Crippen LogP contribution in [0.3, 0.4) is 0 Å². The van der Waals surface area contributed by atoms with Gasteiger partial charge in [-0.1, -0.05) is 0 Å². The topological polar surface area (TPSA) is 118 Å². The van der Waals surface area contributed by atoms with Gasteiger partial charge in [0.2, 0.25) is 15.9 Å². The molecule has 1 unspecified atom stereocenters. The summed E-state index contributed by atoms with van der Waals surface area (Å²) in [6.45, 7) is 1.44. The van der Waals surface area contributed by atoms with Crippen LogP contribution >= 0.6 is 0 Å². The van der Waals surface area contributed by atoms with E-state index in [1.165, 1.54) is 24.7 Å². The van der Waals surface area contributed by atoms with Gasteiger partial charge in [-0.25, -0.2) is 13.2 Å². The van der Waals surface area contributed by atoms with Crippen molar-refractivity contribution in [1.82, 2.24) is 14.6 Å². The minimum absolute atomic E-state index is 0.139. The van der Waals surface area contributed by atoms with Crippen molar-refractivity contribution in [1.29, 1.82) is 0 Å². The van der Waals surface area contributed by atoms with Gasteiger partial charge in [-0.2, -0.15) is 4.72 Å². The molecule has 1 aromatic heterocycles. The van der Waals surface area contributed by atoms with Crippen LogP contribution in [0, 0.1) is 0 Å². The highest BCUT2D eigenvalue weighted by atomic mass is 32.2. The molecule has 1 amide bonds. The summed E-state index contributed by atoms with van der Waals surface area (Å²) in [5.41, 5.74) is -0.148. The molecule has 1 aliphatic rings. The number of carboxylic acid groups (broad SMARTS) is 1. The van der Waals surface area contributed by atoms with Gasteiger partial charge in [0.05, 0.1) is 6.04 Å². The van der Waals surface area contributed by atoms with Crippen LogP contribution in [0.1, 0.15) is 30.3 Å². The number of rotatable bonds is 6. The van der Waals surface area contributed by atoms with Crippen LogP contribution in [0.15, 0.2) is 17.2 Å². The van der Waals surface area contributed by atoms with Crippen LogP contribution in [0.5, 0.6) is 0 Å². The lowest BCUT2D eigenvalue weighted by Gasteiger charge is -2.13. The lowest BCUT2D eigenvalue weighted by molar-refractivity contribution is -0.122. The molecule has 0 aromatic carbocycles. The van der Waals surface area contributed by atoms with E-state index in [1.807, 2.05) is 0 Å². The van der Waals surface area contributed by atoms with Crippen LogP contribution in [0.4, 0.5) is 0 Å². The van der Waals surface area contributed by atoms with Gasteiger partial charge in [0.1, 0.15) is 10.6 Å². The molecule has 1 atom stereocenters. The average Bonchev–Trinajstić information content (AvgIpc) is 3.07. The highest BCUT2D eigenvalue weighted by Gasteiger charge is 2.29. The van der Waals surface area contributed by atoms with Crippen molar-refractivity contribution in [3.8, 4) is 0 Å². The third kappa shape index (κ3) is 3.61. The van der Waals surface area contributed by atoms with Crippen molar-refractivity contribution in [2.75, 3.05) is 0 Å². The van der Waals surface area contributed by atoms with Crippen molar-refractivity contribution in [2.24, 2.45) is 7.05 Å². The van der Waals surface area contributed by atoms with E-state index in [0.717, 1.165) is 18.9 Å². The Balaban J connectivity index is 2.11. The molecule has 3 N–H and O–H groups in total. The summed E-state index contributed by atoms with van der Waals surface area (Å²) in [7, 11) is -2.51. The normalized spacial score (nSPS) is 16.5. The molecule has 1 fully saturated rings. The van der Waals surface area contributed by atoms with Crippen LogP contribution in [0.25, 0.3) is 0 Å². The Labute approximate surface area is 122 Å². The molecule has 0 bridgehead atoms. The van der Waals surface area contributed by atoms with Gasteiger partial charge >= 0.3 is 5.97 Å². The number of nitrogens with zero attached hydrogens (tertiary/aromatic N) is 1. The van der Waals surface area contributed by atoms with Gasteiger partial charge in [-0.3, -0.25) is 4.79 Å². The van der Waals surface area contributed by atoms with E-state index >= 15 is 0 Å². The van der Waals surface area contributed by atoms with E-state index in [-0.39, 0.29) is 16.6 Å². The highest BCUT2D eigenvalue weighted by Crippen LogP contribution is 2.19. The Bertz CT molecular complexity index is 675. The zero-order chi connectivity index (χ0) is 15.8. The Morgan fingerprint density at radius 3 is 2.52 bits per heavy atom. The fourth-order valence-corrected chi connectivity index (χ4v) is 3.07. The first-order valence-electron chi connectivity index (χ1n) is 6.43. The molecular weight excluding hydrogens is 298 g/mol. The van der Waals surface area contributed by atoms with Gasteiger partial charge in [0.15, 0.2) is 0 Å². The Morgan fingerprint density at radius 1 is 1.43 bits per heavy atom. The van der Waals surface area contributed by atoms with Crippen LogP contribution < -0.4 is 10.0 Å². The number of aromatic nitrogens is 1. The molecule has 0 radical (unpaired) electrons.